The van der Waals surface area contributed by atoms with Gasteiger partial charge in [0.15, 0.2) is 6.10 Å². The van der Waals surface area contributed by atoms with E-state index in [0.717, 1.165) is 0 Å². The smallest absolute Gasteiger partial charge is 0.414 e. The first-order valence-electron chi connectivity index (χ1n) is 6.15. The second-order valence-corrected chi connectivity index (χ2v) is 5.32. The number of ether oxygens (including phenoxy) is 1. The molecule has 1 aliphatic heterocycles. The lowest BCUT2D eigenvalue weighted by Crippen LogP contribution is -2.57. The molecule has 0 spiro atoms. The van der Waals surface area contributed by atoms with Crippen molar-refractivity contribution < 1.29 is 33.2 Å². The van der Waals surface area contributed by atoms with E-state index in [9.17, 15) is 28.5 Å². The minimum Gasteiger partial charge on any atom is -0.459 e. The predicted octanol–water partition coefficient (Wildman–Crippen LogP) is -0.664. The van der Waals surface area contributed by atoms with Gasteiger partial charge >= 0.3 is 6.18 Å². The standard InChI is InChI=1S/C11H17F3N2O4/c1-16(2)10-15-6-5(20-10)3-4(7(17)8(6)18)9(19)11(12,13)14/h4-9,17-19H,3H2,1-2H3. The number of rotatable bonds is 1. The van der Waals surface area contributed by atoms with Crippen molar-refractivity contribution in [2.75, 3.05) is 14.1 Å². The lowest BCUT2D eigenvalue weighted by Gasteiger charge is -2.39. The van der Waals surface area contributed by atoms with Crippen molar-refractivity contribution in [3.05, 3.63) is 0 Å². The first-order chi connectivity index (χ1) is 9.12. The summed E-state index contributed by atoms with van der Waals surface area (Å²) in [6.07, 6.45) is -11.8. The quantitative estimate of drug-likeness (QED) is 0.598. The molecule has 116 valence electrons. The Morgan fingerprint density at radius 2 is 1.90 bits per heavy atom. The molecule has 0 aromatic rings. The van der Waals surface area contributed by atoms with Crippen LogP contribution in [-0.2, 0) is 4.74 Å². The number of hydrogen-bond donors (Lipinski definition) is 3. The van der Waals surface area contributed by atoms with Gasteiger partial charge in [0.05, 0.1) is 6.10 Å². The Balaban J connectivity index is 2.17. The SMILES string of the molecule is CN(C)C1=NC2C(CC(C(O)C(F)(F)F)C(O)C2O)O1. The van der Waals surface area contributed by atoms with E-state index in [0.29, 0.717) is 0 Å². The zero-order valence-electron chi connectivity index (χ0n) is 10.9. The number of alkyl halides is 3. The Morgan fingerprint density at radius 1 is 1.30 bits per heavy atom. The van der Waals surface area contributed by atoms with E-state index in [1.165, 1.54) is 4.90 Å². The Morgan fingerprint density at radius 3 is 2.40 bits per heavy atom. The summed E-state index contributed by atoms with van der Waals surface area (Å²) < 4.78 is 43.1. The van der Waals surface area contributed by atoms with Crippen molar-refractivity contribution in [1.29, 1.82) is 0 Å². The van der Waals surface area contributed by atoms with E-state index >= 15 is 0 Å². The van der Waals surface area contributed by atoms with E-state index in [4.69, 9.17) is 4.74 Å². The van der Waals surface area contributed by atoms with Gasteiger partial charge in [-0.05, 0) is 6.42 Å². The summed E-state index contributed by atoms with van der Waals surface area (Å²) >= 11 is 0. The van der Waals surface area contributed by atoms with Crippen LogP contribution >= 0.6 is 0 Å². The third kappa shape index (κ3) is 2.57. The largest absolute Gasteiger partial charge is 0.459 e. The van der Waals surface area contributed by atoms with E-state index in [1.807, 2.05) is 0 Å². The number of nitrogens with zero attached hydrogens (tertiary/aromatic N) is 2. The Labute approximate surface area is 113 Å². The third-order valence-corrected chi connectivity index (χ3v) is 3.66. The first-order valence-corrected chi connectivity index (χ1v) is 6.15. The molecule has 1 aliphatic carbocycles. The average molecular weight is 298 g/mol. The molecule has 1 heterocycles. The molecule has 6 unspecified atom stereocenters. The average Bonchev–Trinajstić information content (AvgIpc) is 2.76. The van der Waals surface area contributed by atoms with Gasteiger partial charge in [-0.15, -0.1) is 0 Å². The van der Waals surface area contributed by atoms with E-state index in [1.54, 1.807) is 14.1 Å². The minimum absolute atomic E-state index is 0.188. The summed E-state index contributed by atoms with van der Waals surface area (Å²) in [5.41, 5.74) is 0. The molecule has 2 rings (SSSR count). The minimum atomic E-state index is -4.86. The van der Waals surface area contributed by atoms with Crippen LogP contribution in [0.2, 0.25) is 0 Å². The van der Waals surface area contributed by atoms with Crippen LogP contribution in [0.5, 0.6) is 0 Å². The first kappa shape index (κ1) is 15.3. The molecule has 0 amide bonds. The summed E-state index contributed by atoms with van der Waals surface area (Å²) in [5, 5.41) is 29.0. The van der Waals surface area contributed by atoms with Gasteiger partial charge in [0.25, 0.3) is 6.02 Å². The van der Waals surface area contributed by atoms with Gasteiger partial charge in [-0.25, -0.2) is 4.99 Å². The molecule has 1 saturated carbocycles. The normalized spacial score (nSPS) is 38.8. The summed E-state index contributed by atoms with van der Waals surface area (Å²) in [7, 11) is 3.28. The van der Waals surface area contributed by atoms with Crippen LogP contribution in [0.1, 0.15) is 6.42 Å². The molecule has 6 atom stereocenters. The molecular weight excluding hydrogens is 281 g/mol. The number of aliphatic hydroxyl groups excluding tert-OH is 3. The summed E-state index contributed by atoms with van der Waals surface area (Å²) in [6.45, 7) is 0. The van der Waals surface area contributed by atoms with Crippen molar-refractivity contribution >= 4 is 6.02 Å². The zero-order valence-corrected chi connectivity index (χ0v) is 10.9. The van der Waals surface area contributed by atoms with Crippen LogP contribution in [0.25, 0.3) is 0 Å². The lowest BCUT2D eigenvalue weighted by atomic mass is 9.77. The van der Waals surface area contributed by atoms with Gasteiger partial charge in [0, 0.05) is 20.0 Å². The maximum atomic E-state index is 12.6. The number of halogens is 3. The fourth-order valence-electron chi connectivity index (χ4n) is 2.57. The molecule has 0 bridgehead atoms. The third-order valence-electron chi connectivity index (χ3n) is 3.66. The van der Waals surface area contributed by atoms with Gasteiger partial charge in [-0.3, -0.25) is 0 Å². The van der Waals surface area contributed by atoms with Crippen LogP contribution in [-0.4, -0.2) is 77.0 Å². The van der Waals surface area contributed by atoms with Crippen LogP contribution in [0.15, 0.2) is 4.99 Å². The maximum absolute atomic E-state index is 12.6. The Hall–Kier alpha value is -1.06. The van der Waals surface area contributed by atoms with Gasteiger partial charge < -0.3 is 25.0 Å². The van der Waals surface area contributed by atoms with E-state index in [-0.39, 0.29) is 12.4 Å². The topological polar surface area (TPSA) is 85.5 Å². The molecule has 6 nitrogen and oxygen atoms in total. The van der Waals surface area contributed by atoms with Crippen LogP contribution < -0.4 is 0 Å². The molecule has 0 saturated heterocycles. The Kier molecular flexibility index (Phi) is 3.87. The highest BCUT2D eigenvalue weighted by Gasteiger charge is 2.55. The van der Waals surface area contributed by atoms with Gasteiger partial charge in [-0.2, -0.15) is 13.2 Å². The molecule has 9 heteroatoms. The number of amidine groups is 1. The highest BCUT2D eigenvalue weighted by Crippen LogP contribution is 2.39. The van der Waals surface area contributed by atoms with E-state index < -0.39 is 42.6 Å². The number of fused-ring (bicyclic) bond motifs is 1. The highest BCUT2D eigenvalue weighted by atomic mass is 19.4. The maximum Gasteiger partial charge on any atom is 0.414 e. The fraction of sp³-hybridized carbons (Fsp3) is 0.909. The molecular formula is C11H17F3N2O4. The second kappa shape index (κ2) is 5.05. The zero-order chi connectivity index (χ0) is 15.2. The molecule has 1 fully saturated rings. The van der Waals surface area contributed by atoms with Crippen molar-refractivity contribution in [3.8, 4) is 0 Å². The summed E-state index contributed by atoms with van der Waals surface area (Å²) in [5.74, 6) is -1.54. The van der Waals surface area contributed by atoms with Gasteiger partial charge in [0.1, 0.15) is 18.2 Å². The monoisotopic (exact) mass is 298 g/mol. The number of aliphatic imine (C=N–C) groups is 1. The molecule has 20 heavy (non-hydrogen) atoms. The van der Waals surface area contributed by atoms with Crippen LogP contribution in [0.3, 0.4) is 0 Å². The molecule has 0 radical (unpaired) electrons. The summed E-state index contributed by atoms with van der Waals surface area (Å²) in [4.78, 5) is 5.56. The van der Waals surface area contributed by atoms with Gasteiger partial charge in [0.2, 0.25) is 0 Å². The molecule has 0 aromatic heterocycles. The lowest BCUT2D eigenvalue weighted by molar-refractivity contribution is -0.243. The highest BCUT2D eigenvalue weighted by molar-refractivity contribution is 5.75. The Bertz CT molecular complexity index is 402. The van der Waals surface area contributed by atoms with Crippen LogP contribution in [0.4, 0.5) is 13.2 Å². The van der Waals surface area contributed by atoms with Crippen molar-refractivity contribution in [2.45, 2.75) is 43.1 Å². The van der Waals surface area contributed by atoms with Crippen molar-refractivity contribution in [1.82, 2.24) is 4.90 Å². The van der Waals surface area contributed by atoms with Gasteiger partial charge in [-0.1, -0.05) is 0 Å². The number of aliphatic hydroxyl groups is 3. The molecule has 0 aromatic carbocycles. The molecule has 2 aliphatic rings. The van der Waals surface area contributed by atoms with Crippen LogP contribution in [0, 0.1) is 5.92 Å². The van der Waals surface area contributed by atoms with Crippen molar-refractivity contribution in [3.63, 3.8) is 0 Å². The predicted molar refractivity (Wildman–Crippen MR) is 62.0 cm³/mol. The summed E-state index contributed by atoms with van der Waals surface area (Å²) in [6, 6.07) is -0.632. The molecule has 3 N–H and O–H groups in total. The number of hydrogen-bond acceptors (Lipinski definition) is 6. The van der Waals surface area contributed by atoms with Crippen molar-refractivity contribution in [2.24, 2.45) is 10.9 Å². The van der Waals surface area contributed by atoms with E-state index in [2.05, 4.69) is 4.99 Å². The second-order valence-electron chi connectivity index (χ2n) is 5.32. The fourth-order valence-corrected chi connectivity index (χ4v) is 2.57.